The van der Waals surface area contributed by atoms with Crippen molar-refractivity contribution in [1.82, 2.24) is 4.98 Å². The van der Waals surface area contributed by atoms with Crippen LogP contribution in [0.15, 0.2) is 24.3 Å². The number of ether oxygens (including phenoxy) is 1. The molecule has 1 aromatic heterocycles. The number of aryl methyl sites for hydroxylation is 1. The number of aromatic nitrogens is 1. The van der Waals surface area contributed by atoms with E-state index in [9.17, 15) is 10.1 Å². The van der Waals surface area contributed by atoms with E-state index in [-0.39, 0.29) is 6.61 Å². The monoisotopic (exact) mass is 242 g/mol. The van der Waals surface area contributed by atoms with Crippen molar-refractivity contribution in [2.75, 3.05) is 6.61 Å². The number of hydrogen-bond donors (Lipinski definition) is 1. The summed E-state index contributed by atoms with van der Waals surface area (Å²) in [6, 6.07) is 9.65. The summed E-state index contributed by atoms with van der Waals surface area (Å²) >= 11 is 0. The van der Waals surface area contributed by atoms with Crippen molar-refractivity contribution in [1.29, 1.82) is 5.26 Å². The van der Waals surface area contributed by atoms with Crippen LogP contribution in [0.25, 0.3) is 10.9 Å². The third-order valence-electron chi connectivity index (χ3n) is 2.88. The van der Waals surface area contributed by atoms with Crippen LogP contribution in [0.4, 0.5) is 0 Å². The lowest BCUT2D eigenvalue weighted by Crippen LogP contribution is -2.15. The zero-order valence-corrected chi connectivity index (χ0v) is 10.4. The van der Waals surface area contributed by atoms with E-state index in [2.05, 4.69) is 4.98 Å². The number of aromatic amines is 1. The predicted molar refractivity (Wildman–Crippen MR) is 68.0 cm³/mol. The van der Waals surface area contributed by atoms with E-state index >= 15 is 0 Å². The Balaban J connectivity index is 2.55. The predicted octanol–water partition coefficient (Wildman–Crippen LogP) is 2.65. The van der Waals surface area contributed by atoms with Gasteiger partial charge < -0.3 is 9.72 Å². The lowest BCUT2D eigenvalue weighted by atomic mass is 9.97. The Morgan fingerprint density at radius 1 is 1.50 bits per heavy atom. The third-order valence-corrected chi connectivity index (χ3v) is 2.88. The fraction of sp³-hybridized carbons (Fsp3) is 0.286. The summed E-state index contributed by atoms with van der Waals surface area (Å²) in [7, 11) is 0. The zero-order chi connectivity index (χ0) is 13.1. The number of benzene rings is 1. The Morgan fingerprint density at radius 2 is 2.22 bits per heavy atom. The van der Waals surface area contributed by atoms with E-state index in [1.807, 2.05) is 37.3 Å². The molecule has 1 N–H and O–H groups in total. The average molecular weight is 242 g/mol. The molecule has 92 valence electrons. The summed E-state index contributed by atoms with van der Waals surface area (Å²) in [6.45, 7) is 3.87. The number of carbonyl (C=O) groups is 1. The molecule has 0 saturated carbocycles. The van der Waals surface area contributed by atoms with Gasteiger partial charge in [-0.25, -0.2) is 0 Å². The topological polar surface area (TPSA) is 65.9 Å². The Labute approximate surface area is 105 Å². The van der Waals surface area contributed by atoms with Gasteiger partial charge in [-0.1, -0.05) is 18.2 Å². The quantitative estimate of drug-likeness (QED) is 0.841. The summed E-state index contributed by atoms with van der Waals surface area (Å²) in [4.78, 5) is 15.0. The lowest BCUT2D eigenvalue weighted by Gasteiger charge is -2.08. The van der Waals surface area contributed by atoms with E-state index in [0.717, 1.165) is 16.6 Å². The van der Waals surface area contributed by atoms with Crippen molar-refractivity contribution in [3.8, 4) is 6.07 Å². The minimum absolute atomic E-state index is 0.276. The van der Waals surface area contributed by atoms with Gasteiger partial charge in [-0.3, -0.25) is 4.79 Å². The summed E-state index contributed by atoms with van der Waals surface area (Å²) in [5.74, 6) is -1.37. The first kappa shape index (κ1) is 12.2. The smallest absolute Gasteiger partial charge is 0.328 e. The van der Waals surface area contributed by atoms with Gasteiger partial charge in [-0.15, -0.1) is 0 Å². The molecule has 1 heterocycles. The minimum Gasteiger partial charge on any atom is -0.465 e. The van der Waals surface area contributed by atoms with Crippen molar-refractivity contribution in [3.63, 3.8) is 0 Å². The van der Waals surface area contributed by atoms with Crippen molar-refractivity contribution < 1.29 is 9.53 Å². The maximum absolute atomic E-state index is 11.8. The molecule has 1 atom stereocenters. The summed E-state index contributed by atoms with van der Waals surface area (Å²) in [5, 5.41) is 10.1. The Bertz CT molecular complexity index is 622. The van der Waals surface area contributed by atoms with Gasteiger partial charge in [0.15, 0.2) is 5.92 Å². The molecule has 0 aliphatic heterocycles. The second-order valence-corrected chi connectivity index (χ2v) is 4.02. The van der Waals surface area contributed by atoms with Crippen molar-refractivity contribution in [3.05, 3.63) is 35.5 Å². The van der Waals surface area contributed by atoms with Crippen LogP contribution in [0.5, 0.6) is 0 Å². The number of carbonyl (C=O) groups excluding carboxylic acids is 1. The first-order valence-electron chi connectivity index (χ1n) is 5.82. The van der Waals surface area contributed by atoms with Crippen molar-refractivity contribution in [2.45, 2.75) is 19.8 Å². The van der Waals surface area contributed by atoms with Crippen LogP contribution in [-0.4, -0.2) is 17.6 Å². The molecule has 0 bridgehead atoms. The zero-order valence-electron chi connectivity index (χ0n) is 10.4. The Morgan fingerprint density at radius 3 is 2.89 bits per heavy atom. The van der Waals surface area contributed by atoms with Crippen LogP contribution in [0.1, 0.15) is 24.1 Å². The Kier molecular flexibility index (Phi) is 3.33. The maximum atomic E-state index is 11.8. The van der Waals surface area contributed by atoms with Gasteiger partial charge in [-0.05, 0) is 19.9 Å². The molecule has 0 aliphatic rings. The molecule has 0 aliphatic carbocycles. The number of nitrogens with zero attached hydrogens (tertiary/aromatic N) is 1. The van der Waals surface area contributed by atoms with Gasteiger partial charge in [0.2, 0.25) is 0 Å². The van der Waals surface area contributed by atoms with Crippen LogP contribution in [0.3, 0.4) is 0 Å². The summed E-state index contributed by atoms with van der Waals surface area (Å²) < 4.78 is 4.95. The fourth-order valence-electron chi connectivity index (χ4n) is 2.13. The number of H-pyrrole nitrogens is 1. The van der Waals surface area contributed by atoms with Crippen LogP contribution in [0, 0.1) is 18.3 Å². The first-order valence-corrected chi connectivity index (χ1v) is 5.82. The van der Waals surface area contributed by atoms with Crippen molar-refractivity contribution >= 4 is 16.9 Å². The van der Waals surface area contributed by atoms with E-state index in [1.54, 1.807) is 6.92 Å². The fourth-order valence-corrected chi connectivity index (χ4v) is 2.13. The van der Waals surface area contributed by atoms with E-state index in [0.29, 0.717) is 5.56 Å². The maximum Gasteiger partial charge on any atom is 0.328 e. The minimum atomic E-state index is -0.874. The normalized spacial score (nSPS) is 12.1. The number of esters is 1. The SMILES string of the molecule is CCOC(=O)C(C#N)c1c(C)[nH]c2ccccc12. The molecule has 0 spiro atoms. The second kappa shape index (κ2) is 4.92. The van der Waals surface area contributed by atoms with Gasteiger partial charge >= 0.3 is 5.97 Å². The average Bonchev–Trinajstić information content (AvgIpc) is 2.68. The number of nitriles is 1. The Hall–Kier alpha value is -2.28. The van der Waals surface area contributed by atoms with Gasteiger partial charge in [0.1, 0.15) is 0 Å². The van der Waals surface area contributed by atoms with Crippen LogP contribution in [0.2, 0.25) is 0 Å². The molecule has 2 aromatic rings. The summed E-state index contributed by atoms with van der Waals surface area (Å²) in [5.41, 5.74) is 2.47. The highest BCUT2D eigenvalue weighted by molar-refractivity contribution is 5.92. The van der Waals surface area contributed by atoms with Gasteiger partial charge in [0.05, 0.1) is 12.7 Å². The molecule has 4 heteroatoms. The van der Waals surface area contributed by atoms with E-state index < -0.39 is 11.9 Å². The standard InChI is InChI=1S/C14H14N2O2/c1-3-18-14(17)11(8-15)13-9(2)16-12-7-5-4-6-10(12)13/h4-7,11,16H,3H2,1-2H3. The molecule has 18 heavy (non-hydrogen) atoms. The van der Waals surface area contributed by atoms with Crippen LogP contribution >= 0.6 is 0 Å². The number of nitrogens with one attached hydrogen (secondary N) is 1. The molecule has 4 nitrogen and oxygen atoms in total. The molecule has 0 fully saturated rings. The largest absolute Gasteiger partial charge is 0.465 e. The number of fused-ring (bicyclic) bond motifs is 1. The molecular formula is C14H14N2O2. The molecule has 1 aromatic carbocycles. The molecular weight excluding hydrogens is 228 g/mol. The number of hydrogen-bond acceptors (Lipinski definition) is 3. The highest BCUT2D eigenvalue weighted by Crippen LogP contribution is 2.29. The van der Waals surface area contributed by atoms with Crippen molar-refractivity contribution in [2.24, 2.45) is 0 Å². The second-order valence-electron chi connectivity index (χ2n) is 4.02. The summed E-state index contributed by atoms with van der Waals surface area (Å²) in [6.07, 6.45) is 0. The first-order chi connectivity index (χ1) is 8.69. The van der Waals surface area contributed by atoms with Gasteiger partial charge in [0.25, 0.3) is 0 Å². The van der Waals surface area contributed by atoms with E-state index in [4.69, 9.17) is 4.74 Å². The van der Waals surface area contributed by atoms with Gasteiger partial charge in [0, 0.05) is 22.2 Å². The molecule has 0 radical (unpaired) electrons. The molecule has 0 saturated heterocycles. The number of para-hydroxylation sites is 1. The number of rotatable bonds is 3. The van der Waals surface area contributed by atoms with Gasteiger partial charge in [-0.2, -0.15) is 5.26 Å². The lowest BCUT2D eigenvalue weighted by molar-refractivity contribution is -0.143. The highest BCUT2D eigenvalue weighted by atomic mass is 16.5. The molecule has 2 rings (SSSR count). The van der Waals surface area contributed by atoms with Crippen LogP contribution in [-0.2, 0) is 9.53 Å². The highest BCUT2D eigenvalue weighted by Gasteiger charge is 2.26. The molecule has 1 unspecified atom stereocenters. The van der Waals surface area contributed by atoms with E-state index in [1.165, 1.54) is 0 Å². The third kappa shape index (κ3) is 1.95. The van der Waals surface area contributed by atoms with Crippen LogP contribution < -0.4 is 0 Å². The molecule has 0 amide bonds.